The lowest BCUT2D eigenvalue weighted by Crippen LogP contribution is -2.37. The quantitative estimate of drug-likeness (QED) is 0.558. The molecule has 1 rings (SSSR count). The van der Waals surface area contributed by atoms with Crippen molar-refractivity contribution in [2.45, 2.75) is 26.6 Å². The van der Waals surface area contributed by atoms with E-state index in [0.29, 0.717) is 0 Å². The molecule has 3 heteroatoms. The normalized spacial score (nSPS) is 24.9. The third-order valence-corrected chi connectivity index (χ3v) is 1.62. The Balaban J connectivity index is 2.73. The summed E-state index contributed by atoms with van der Waals surface area (Å²) in [4.78, 5) is 4.02. The highest BCUT2D eigenvalue weighted by molar-refractivity contribution is 5.80. The van der Waals surface area contributed by atoms with Gasteiger partial charge in [0.05, 0.1) is 0 Å². The summed E-state index contributed by atoms with van der Waals surface area (Å²) >= 11 is 0. The molecule has 0 aromatic heterocycles. The van der Waals surface area contributed by atoms with Gasteiger partial charge in [0.15, 0.2) is 6.29 Å². The van der Waals surface area contributed by atoms with E-state index >= 15 is 0 Å². The molecule has 3 nitrogen and oxygen atoms in total. The average molecular weight is 139 g/mol. The number of hydrogen-bond acceptors (Lipinski definition) is 3. The van der Waals surface area contributed by atoms with E-state index in [4.69, 9.17) is 5.73 Å². The summed E-state index contributed by atoms with van der Waals surface area (Å²) in [5.41, 5.74) is 7.88. The Morgan fingerprint density at radius 1 is 1.80 bits per heavy atom. The lowest BCUT2D eigenvalue weighted by Gasteiger charge is -2.18. The Labute approximate surface area is 61.0 Å². The van der Waals surface area contributed by atoms with Crippen molar-refractivity contribution in [1.82, 2.24) is 5.32 Å². The molecule has 0 amide bonds. The molecule has 0 saturated carbocycles. The van der Waals surface area contributed by atoms with Crippen LogP contribution in [0.2, 0.25) is 0 Å². The molecule has 1 unspecified atom stereocenters. The molecule has 0 bridgehead atoms. The van der Waals surface area contributed by atoms with E-state index in [0.717, 1.165) is 12.1 Å². The Kier molecular flexibility index (Phi) is 2.06. The van der Waals surface area contributed by atoms with Crippen LogP contribution in [0.4, 0.5) is 0 Å². The van der Waals surface area contributed by atoms with Gasteiger partial charge >= 0.3 is 0 Å². The monoisotopic (exact) mass is 139 g/mol. The molecular weight excluding hydrogens is 126 g/mol. The van der Waals surface area contributed by atoms with Crippen molar-refractivity contribution in [2.75, 3.05) is 0 Å². The standard InChI is InChI=1S/C7H13N3/c1-3-6-4-9-7(8)10-5(6)2/h4,7,10H,3,8H2,1-2H3. The molecule has 0 radical (unpaired) electrons. The van der Waals surface area contributed by atoms with Crippen LogP contribution in [-0.4, -0.2) is 12.5 Å². The first-order valence-corrected chi connectivity index (χ1v) is 3.49. The number of nitrogens with zero attached hydrogens (tertiary/aromatic N) is 1. The van der Waals surface area contributed by atoms with Crippen LogP contribution >= 0.6 is 0 Å². The predicted molar refractivity (Wildman–Crippen MR) is 42.6 cm³/mol. The zero-order valence-corrected chi connectivity index (χ0v) is 6.39. The zero-order chi connectivity index (χ0) is 7.56. The van der Waals surface area contributed by atoms with Crippen molar-refractivity contribution in [3.63, 3.8) is 0 Å². The van der Waals surface area contributed by atoms with E-state index < -0.39 is 0 Å². The van der Waals surface area contributed by atoms with E-state index in [1.165, 1.54) is 5.57 Å². The van der Waals surface area contributed by atoms with E-state index in [1.54, 1.807) is 0 Å². The number of nitrogens with two attached hydrogens (primary N) is 1. The SMILES string of the molecule is CCC1=C(C)NC(N)N=C1. The predicted octanol–water partition coefficient (Wildman–Crippen LogP) is 0.587. The van der Waals surface area contributed by atoms with Crippen molar-refractivity contribution in [1.29, 1.82) is 0 Å². The number of nitrogens with one attached hydrogen (secondary N) is 1. The average Bonchev–Trinajstić information content (AvgIpc) is 1.88. The van der Waals surface area contributed by atoms with Gasteiger partial charge in [0.1, 0.15) is 0 Å². The molecule has 1 heterocycles. The summed E-state index contributed by atoms with van der Waals surface area (Å²) < 4.78 is 0. The van der Waals surface area contributed by atoms with Gasteiger partial charge in [-0.05, 0) is 18.9 Å². The van der Waals surface area contributed by atoms with Crippen LogP contribution in [0, 0.1) is 0 Å². The summed E-state index contributed by atoms with van der Waals surface area (Å²) in [5, 5.41) is 3.04. The Hall–Kier alpha value is -0.830. The number of hydrogen-bond donors (Lipinski definition) is 2. The highest BCUT2D eigenvalue weighted by atomic mass is 15.2. The Morgan fingerprint density at radius 3 is 3.00 bits per heavy atom. The number of aliphatic imine (C=N–C) groups is 1. The second kappa shape index (κ2) is 2.84. The van der Waals surface area contributed by atoms with E-state index in [9.17, 15) is 0 Å². The van der Waals surface area contributed by atoms with Gasteiger partial charge in [-0.1, -0.05) is 6.92 Å². The first-order valence-electron chi connectivity index (χ1n) is 3.49. The van der Waals surface area contributed by atoms with Crippen LogP contribution in [-0.2, 0) is 0 Å². The molecule has 0 aromatic carbocycles. The van der Waals surface area contributed by atoms with Crippen molar-refractivity contribution in [2.24, 2.45) is 10.7 Å². The van der Waals surface area contributed by atoms with Crippen LogP contribution in [0.3, 0.4) is 0 Å². The lowest BCUT2D eigenvalue weighted by atomic mass is 10.1. The van der Waals surface area contributed by atoms with Gasteiger partial charge in [0, 0.05) is 11.9 Å². The van der Waals surface area contributed by atoms with Crippen molar-refractivity contribution in [3.8, 4) is 0 Å². The Bertz CT molecular complexity index is 181. The van der Waals surface area contributed by atoms with Gasteiger partial charge in [0.2, 0.25) is 0 Å². The first-order chi connectivity index (χ1) is 4.74. The molecule has 1 aliphatic heterocycles. The maximum Gasteiger partial charge on any atom is 0.170 e. The van der Waals surface area contributed by atoms with Gasteiger partial charge in [0.25, 0.3) is 0 Å². The molecule has 0 aromatic rings. The second-order valence-electron chi connectivity index (χ2n) is 2.37. The van der Waals surface area contributed by atoms with E-state index in [-0.39, 0.29) is 6.29 Å². The summed E-state index contributed by atoms with van der Waals surface area (Å²) in [7, 11) is 0. The topological polar surface area (TPSA) is 50.4 Å². The fourth-order valence-corrected chi connectivity index (χ4v) is 0.975. The van der Waals surface area contributed by atoms with Crippen LogP contribution < -0.4 is 11.1 Å². The minimum Gasteiger partial charge on any atom is -0.355 e. The fraction of sp³-hybridized carbons (Fsp3) is 0.571. The first kappa shape index (κ1) is 7.28. The zero-order valence-electron chi connectivity index (χ0n) is 6.39. The van der Waals surface area contributed by atoms with Crippen molar-refractivity contribution < 1.29 is 0 Å². The minimum absolute atomic E-state index is 0.240. The molecule has 0 aliphatic carbocycles. The highest BCUT2D eigenvalue weighted by Crippen LogP contribution is 2.07. The second-order valence-corrected chi connectivity index (χ2v) is 2.37. The van der Waals surface area contributed by atoms with Crippen LogP contribution in [0.1, 0.15) is 20.3 Å². The minimum atomic E-state index is -0.240. The molecule has 10 heavy (non-hydrogen) atoms. The third kappa shape index (κ3) is 1.36. The summed E-state index contributed by atoms with van der Waals surface area (Å²) in [6, 6.07) is 0. The van der Waals surface area contributed by atoms with Gasteiger partial charge in [-0.3, -0.25) is 10.7 Å². The summed E-state index contributed by atoms with van der Waals surface area (Å²) in [5.74, 6) is 0. The summed E-state index contributed by atoms with van der Waals surface area (Å²) in [6.45, 7) is 4.12. The largest absolute Gasteiger partial charge is 0.355 e. The maximum atomic E-state index is 5.50. The maximum absolute atomic E-state index is 5.50. The van der Waals surface area contributed by atoms with Gasteiger partial charge < -0.3 is 5.32 Å². The van der Waals surface area contributed by atoms with Crippen LogP contribution in [0.15, 0.2) is 16.3 Å². The van der Waals surface area contributed by atoms with Gasteiger partial charge in [-0.25, -0.2) is 0 Å². The van der Waals surface area contributed by atoms with E-state index in [2.05, 4.69) is 17.2 Å². The smallest absolute Gasteiger partial charge is 0.170 e. The third-order valence-electron chi connectivity index (χ3n) is 1.62. The van der Waals surface area contributed by atoms with Gasteiger partial charge in [-0.15, -0.1) is 0 Å². The molecule has 0 fully saturated rings. The van der Waals surface area contributed by atoms with Crippen LogP contribution in [0.5, 0.6) is 0 Å². The van der Waals surface area contributed by atoms with E-state index in [1.807, 2.05) is 13.1 Å². The Morgan fingerprint density at radius 2 is 2.50 bits per heavy atom. The van der Waals surface area contributed by atoms with Crippen molar-refractivity contribution in [3.05, 3.63) is 11.3 Å². The molecular formula is C7H13N3. The molecule has 1 aliphatic rings. The molecule has 56 valence electrons. The number of rotatable bonds is 1. The summed E-state index contributed by atoms with van der Waals surface area (Å²) in [6.07, 6.45) is 2.61. The molecule has 1 atom stereocenters. The van der Waals surface area contributed by atoms with Gasteiger partial charge in [-0.2, -0.15) is 0 Å². The number of allylic oxidation sites excluding steroid dienone is 2. The highest BCUT2D eigenvalue weighted by Gasteiger charge is 2.06. The fourth-order valence-electron chi connectivity index (χ4n) is 0.975. The van der Waals surface area contributed by atoms with Crippen molar-refractivity contribution >= 4 is 6.21 Å². The molecule has 0 saturated heterocycles. The molecule has 3 N–H and O–H groups in total. The molecule has 0 spiro atoms. The van der Waals surface area contributed by atoms with Crippen LogP contribution in [0.25, 0.3) is 0 Å². The lowest BCUT2D eigenvalue weighted by molar-refractivity contribution is 0.603.